The fourth-order valence-corrected chi connectivity index (χ4v) is 10.1. The van der Waals surface area contributed by atoms with Crippen molar-refractivity contribution in [1.82, 2.24) is 0 Å². The van der Waals surface area contributed by atoms with E-state index >= 15 is 0 Å². The number of allylic oxidation sites excluding steroid dienone is 2. The van der Waals surface area contributed by atoms with Gasteiger partial charge >= 0.3 is 64.8 Å². The molecule has 2 aromatic rings. The third-order valence-electron chi connectivity index (χ3n) is 12.5. The molecule has 2 aromatic carbocycles. The van der Waals surface area contributed by atoms with E-state index in [-0.39, 0.29) is 0 Å². The van der Waals surface area contributed by atoms with Crippen LogP contribution in [0.15, 0.2) is 47.5 Å². The average Bonchev–Trinajstić information content (AvgIpc) is 3.54. The molecular weight excluding hydrogens is 783 g/mol. The molecule has 3 heteroatoms. The summed E-state index contributed by atoms with van der Waals surface area (Å²) in [6.07, 6.45) is 40.1. The Hall–Kier alpha value is -1.99. The summed E-state index contributed by atoms with van der Waals surface area (Å²) in [6, 6.07) is 14.8. The van der Waals surface area contributed by atoms with Gasteiger partial charge in [-0.25, -0.2) is 4.70 Å². The monoisotopic (exact) mass is 881 g/mol. The van der Waals surface area contributed by atoms with Crippen molar-refractivity contribution in [2.24, 2.45) is 0 Å². The van der Waals surface area contributed by atoms with E-state index in [0.29, 0.717) is 0 Å². The van der Waals surface area contributed by atoms with Crippen molar-refractivity contribution in [1.29, 1.82) is 0 Å². The van der Waals surface area contributed by atoms with Crippen molar-refractivity contribution in [3.63, 3.8) is 0 Å². The van der Waals surface area contributed by atoms with Crippen LogP contribution in [0, 0.1) is 0 Å². The van der Waals surface area contributed by atoms with Gasteiger partial charge in [-0.2, -0.15) is 0 Å². The third kappa shape index (κ3) is 22.5. The normalized spacial score (nSPS) is 12.9. The van der Waals surface area contributed by atoms with Crippen LogP contribution in [-0.4, -0.2) is 4.70 Å². The van der Waals surface area contributed by atoms with Crippen LogP contribution in [-0.2, 0) is 40.1 Å². The van der Waals surface area contributed by atoms with Crippen LogP contribution in [0.25, 0.3) is 16.9 Å². The number of nitrogens with zero attached hydrogens (tertiary/aromatic N) is 2. The second kappa shape index (κ2) is 36.4. The summed E-state index contributed by atoms with van der Waals surface area (Å²) in [7, 11) is 0. The van der Waals surface area contributed by atoms with Crippen molar-refractivity contribution in [3.8, 4) is 0 Å². The molecule has 0 aromatic heterocycles. The molecule has 2 nitrogen and oxygen atoms in total. The predicted molar refractivity (Wildman–Crippen MR) is 269 cm³/mol. The molecule has 1 heterocycles. The van der Waals surface area contributed by atoms with Crippen LogP contribution < -0.4 is 0 Å². The van der Waals surface area contributed by atoms with Gasteiger partial charge < -0.3 is 5.53 Å². The maximum absolute atomic E-state index is 12.6. The Kier molecular flexibility index (Phi) is 32.9. The van der Waals surface area contributed by atoms with Crippen molar-refractivity contribution >= 4 is 11.4 Å². The number of hydrogen-bond donors (Lipinski definition) is 0. The number of benzene rings is 2. The van der Waals surface area contributed by atoms with E-state index < -0.39 is 0 Å². The van der Waals surface area contributed by atoms with Gasteiger partial charge in [0.1, 0.15) is 0 Å². The van der Waals surface area contributed by atoms with Crippen LogP contribution in [0.1, 0.15) is 269 Å². The van der Waals surface area contributed by atoms with Crippen molar-refractivity contribution in [2.45, 2.75) is 272 Å². The molecule has 61 heavy (non-hydrogen) atoms. The zero-order chi connectivity index (χ0) is 44.3. The fourth-order valence-electron chi connectivity index (χ4n) is 8.71. The summed E-state index contributed by atoms with van der Waals surface area (Å²) in [5, 5.41) is 2.78. The Morgan fingerprint density at radius 3 is 0.934 bits per heavy atom. The summed E-state index contributed by atoms with van der Waals surface area (Å²) >= 11 is 1.94. The molecule has 0 unspecified atom stereocenters. The summed E-state index contributed by atoms with van der Waals surface area (Å²) in [5.74, 6) is 0. The fraction of sp³-hybridized carbons (Fsp3) is 0.724. The summed E-state index contributed by atoms with van der Waals surface area (Å²) < 4.78 is 1.68. The average molecular weight is 882 g/mol. The zero-order valence-electron chi connectivity index (χ0n) is 41.7. The van der Waals surface area contributed by atoms with E-state index in [1.165, 1.54) is 197 Å². The van der Waals surface area contributed by atoms with Crippen LogP contribution in [0.5, 0.6) is 0 Å². The van der Waals surface area contributed by atoms with Gasteiger partial charge in [0, 0.05) is 22.3 Å². The molecule has 350 valence electrons. The van der Waals surface area contributed by atoms with Gasteiger partial charge in [0.25, 0.3) is 0 Å². The van der Waals surface area contributed by atoms with Gasteiger partial charge in [-0.15, -0.1) is 0 Å². The molecule has 0 bridgehead atoms. The van der Waals surface area contributed by atoms with Crippen LogP contribution in [0.3, 0.4) is 0 Å². The number of rotatable bonds is 36. The minimum absolute atomic E-state index is 1.03. The van der Waals surface area contributed by atoms with E-state index in [4.69, 9.17) is 0 Å². The molecule has 3 rings (SSSR count). The van der Waals surface area contributed by atoms with Gasteiger partial charge in [-0.3, -0.25) is 0 Å². The van der Waals surface area contributed by atoms with E-state index in [1.807, 2.05) is 14.4 Å². The molecule has 1 aliphatic heterocycles. The molecular formula is C58H98N2Ni. The third-order valence-corrected chi connectivity index (χ3v) is 13.9. The molecule has 0 atom stereocenters. The van der Waals surface area contributed by atoms with Crippen molar-refractivity contribution < 1.29 is 19.1 Å². The van der Waals surface area contributed by atoms with E-state index in [2.05, 4.69) is 91.8 Å². The SMILES string of the molecule is CCCCCCCCc1cc(CCCCCCCC)cc(C2=C(CCCC)C(CCCC)=C(c3cc(CCCCC)cc(CCCCC)c3)[N+]2=[N-])c1.CCC[CH2][Ni][CH2]CCC. The first kappa shape index (κ1) is 55.1. The molecule has 0 amide bonds. The van der Waals surface area contributed by atoms with Crippen molar-refractivity contribution in [2.75, 3.05) is 0 Å². The first-order valence-electron chi connectivity index (χ1n) is 26.6. The summed E-state index contributed by atoms with van der Waals surface area (Å²) in [6.45, 7) is 18.3. The number of aryl methyl sites for hydroxylation is 4. The van der Waals surface area contributed by atoms with Crippen molar-refractivity contribution in [3.05, 3.63) is 86.5 Å². The Balaban J connectivity index is 0.00000127. The Morgan fingerprint density at radius 2 is 0.607 bits per heavy atom. The second-order valence-corrected chi connectivity index (χ2v) is 19.9. The molecule has 0 aliphatic carbocycles. The Bertz CT molecular complexity index is 1430. The first-order valence-corrected chi connectivity index (χ1v) is 28.0. The second-order valence-electron chi connectivity index (χ2n) is 18.4. The molecule has 0 saturated heterocycles. The van der Waals surface area contributed by atoms with Crippen LogP contribution in [0.2, 0.25) is 10.8 Å². The Morgan fingerprint density at radius 1 is 0.328 bits per heavy atom. The number of hydrogen-bond acceptors (Lipinski definition) is 0. The Labute approximate surface area is 386 Å². The topological polar surface area (TPSA) is 25.3 Å². The molecule has 0 fully saturated rings. The van der Waals surface area contributed by atoms with Gasteiger partial charge in [-0.05, 0) is 124 Å². The molecule has 0 spiro atoms. The molecule has 0 N–H and O–H groups in total. The van der Waals surface area contributed by atoms with Gasteiger partial charge in [0.05, 0.1) is 0 Å². The predicted octanol–water partition coefficient (Wildman–Crippen LogP) is 20.0. The summed E-state index contributed by atoms with van der Waals surface area (Å²) in [5.41, 5.74) is 25.8. The van der Waals surface area contributed by atoms with Gasteiger partial charge in [-0.1, -0.05) is 156 Å². The zero-order valence-corrected chi connectivity index (χ0v) is 42.7. The molecule has 1 aliphatic rings. The van der Waals surface area contributed by atoms with Crippen LogP contribution in [0.4, 0.5) is 0 Å². The van der Waals surface area contributed by atoms with E-state index in [1.54, 1.807) is 4.70 Å². The van der Waals surface area contributed by atoms with E-state index in [9.17, 15) is 5.53 Å². The number of unbranched alkanes of at least 4 members (excludes halogenated alkanes) is 18. The first-order chi connectivity index (χ1) is 29.9. The minimum atomic E-state index is 1.03. The van der Waals surface area contributed by atoms with Crippen LogP contribution >= 0.6 is 0 Å². The van der Waals surface area contributed by atoms with E-state index in [0.717, 1.165) is 75.6 Å². The van der Waals surface area contributed by atoms with Gasteiger partial charge in [0.15, 0.2) is 0 Å². The molecule has 0 saturated carbocycles. The summed E-state index contributed by atoms with van der Waals surface area (Å²) in [4.78, 5) is 0. The van der Waals surface area contributed by atoms with Gasteiger partial charge in [0.2, 0.25) is 11.4 Å². The maximum atomic E-state index is 12.6. The molecule has 0 radical (unpaired) electrons. The standard InChI is InChI=1S/C50H80N2.2C4H9.Ni/c1-7-13-19-21-23-27-31-43-36-44(32-28-24-22-20-14-8-2)40-46(39-43)50-48(34-18-12-6)47(33-17-11-5)49(52(50)51)45-37-41(29-25-15-9-3)35-42(38-45)30-26-16-10-4;2*1-3-4-2;/h35-40H,7-34H2,1-6H3;2*1,3-4H2,2H3;. The quantitative estimate of drug-likeness (QED) is 0.0370.